The number of benzene rings is 2. The topological polar surface area (TPSA) is 65.4 Å². The molecule has 1 N–H and O–H groups in total. The van der Waals surface area contributed by atoms with Crippen molar-refractivity contribution in [3.63, 3.8) is 0 Å². The molecule has 2 heterocycles. The highest BCUT2D eigenvalue weighted by molar-refractivity contribution is 6.30. The molecule has 186 valence electrons. The first kappa shape index (κ1) is 25.2. The molecule has 0 saturated carbocycles. The average Bonchev–Trinajstić information content (AvgIpc) is 2.84. The summed E-state index contributed by atoms with van der Waals surface area (Å²) >= 11 is 6.04. The van der Waals surface area contributed by atoms with Crippen LogP contribution in [0, 0.1) is 11.7 Å². The minimum absolute atomic E-state index is 0.107. The maximum Gasteiger partial charge on any atom is 0.258 e. The lowest BCUT2D eigenvalue weighted by Crippen LogP contribution is -2.28. The van der Waals surface area contributed by atoms with Gasteiger partial charge in [0.05, 0.1) is 12.6 Å². The van der Waals surface area contributed by atoms with Gasteiger partial charge in [-0.1, -0.05) is 23.7 Å². The van der Waals surface area contributed by atoms with Crippen LogP contribution in [-0.4, -0.2) is 28.9 Å². The zero-order valence-corrected chi connectivity index (χ0v) is 20.9. The van der Waals surface area contributed by atoms with Crippen LogP contribution in [0.4, 0.5) is 16.0 Å². The van der Waals surface area contributed by atoms with Crippen LogP contribution >= 0.6 is 11.6 Å². The van der Waals surface area contributed by atoms with Crippen molar-refractivity contribution < 1.29 is 13.9 Å². The fraction of sp³-hybridized carbons (Fsp3) is 0.407. The average molecular weight is 500 g/mol. The van der Waals surface area contributed by atoms with Gasteiger partial charge in [0.2, 0.25) is 5.95 Å². The molecule has 0 radical (unpaired) electrons. The molecule has 4 rings (SSSR count). The fourth-order valence-electron chi connectivity index (χ4n) is 4.18. The lowest BCUT2D eigenvalue weighted by Gasteiger charge is -2.22. The summed E-state index contributed by atoms with van der Waals surface area (Å²) in [6, 6.07) is 12.0. The van der Waals surface area contributed by atoms with Gasteiger partial charge in [-0.05, 0) is 75.3 Å². The Balaban J connectivity index is 1.60. The van der Waals surface area contributed by atoms with Crippen molar-refractivity contribution in [3.8, 4) is 5.75 Å². The predicted octanol–water partition coefficient (Wildman–Crippen LogP) is 5.97. The van der Waals surface area contributed by atoms with E-state index in [9.17, 15) is 9.18 Å². The Kier molecular flexibility index (Phi) is 8.42. The fourth-order valence-corrected chi connectivity index (χ4v) is 4.30. The third kappa shape index (κ3) is 6.83. The Morgan fingerprint density at radius 1 is 1.20 bits per heavy atom. The molecule has 1 aliphatic rings. The van der Waals surface area contributed by atoms with Crippen LogP contribution in [0.15, 0.2) is 53.5 Å². The zero-order chi connectivity index (χ0) is 24.8. The van der Waals surface area contributed by atoms with Gasteiger partial charge >= 0.3 is 0 Å². The van der Waals surface area contributed by atoms with Crippen molar-refractivity contribution in [1.29, 1.82) is 0 Å². The van der Waals surface area contributed by atoms with Gasteiger partial charge in [-0.3, -0.25) is 9.36 Å². The summed E-state index contributed by atoms with van der Waals surface area (Å²) in [4.78, 5) is 18.1. The molecule has 2 aromatic carbocycles. The number of aromatic nitrogens is 2. The molecular formula is C27H31ClFN3O3. The SMILES string of the molecule is CC(C)Oc1ccc(Nc2ncc(CCC3CCOCC3)c(=O)n2Cc2ccc(Cl)cc2)cc1F. The van der Waals surface area contributed by atoms with Crippen molar-refractivity contribution in [2.24, 2.45) is 5.92 Å². The molecule has 1 aliphatic heterocycles. The van der Waals surface area contributed by atoms with Gasteiger partial charge in [0, 0.05) is 41.8 Å². The standard InChI is InChI=1S/C27H31ClFN3O3/c1-18(2)35-25-10-9-23(15-24(25)29)31-27-30-16-21(6-3-19-11-13-34-14-12-19)26(33)32(27)17-20-4-7-22(28)8-5-20/h4-5,7-10,15-16,18-19H,3,6,11-14,17H2,1-2H3,(H,30,31). The summed E-state index contributed by atoms with van der Waals surface area (Å²) in [5.41, 5.74) is 1.95. The van der Waals surface area contributed by atoms with Gasteiger partial charge in [-0.15, -0.1) is 0 Å². The van der Waals surface area contributed by atoms with Gasteiger partial charge < -0.3 is 14.8 Å². The first-order valence-corrected chi connectivity index (χ1v) is 12.4. The van der Waals surface area contributed by atoms with E-state index < -0.39 is 5.82 Å². The van der Waals surface area contributed by atoms with Gasteiger partial charge in [-0.25, -0.2) is 9.37 Å². The van der Waals surface area contributed by atoms with E-state index in [0.717, 1.165) is 38.0 Å². The summed E-state index contributed by atoms with van der Waals surface area (Å²) < 4.78 is 27.1. The highest BCUT2D eigenvalue weighted by Gasteiger charge is 2.17. The number of halogens is 2. The van der Waals surface area contributed by atoms with Crippen molar-refractivity contribution in [2.45, 2.75) is 52.2 Å². The summed E-state index contributed by atoms with van der Waals surface area (Å²) in [5, 5.41) is 3.74. The lowest BCUT2D eigenvalue weighted by molar-refractivity contribution is 0.0640. The molecule has 1 fully saturated rings. The Morgan fingerprint density at radius 3 is 2.63 bits per heavy atom. The summed E-state index contributed by atoms with van der Waals surface area (Å²) in [6.45, 7) is 5.56. The number of anilines is 2. The summed E-state index contributed by atoms with van der Waals surface area (Å²) in [5.74, 6) is 0.598. The van der Waals surface area contributed by atoms with E-state index in [1.54, 1.807) is 35.0 Å². The van der Waals surface area contributed by atoms with Crippen LogP contribution in [0.5, 0.6) is 5.75 Å². The number of hydrogen-bond acceptors (Lipinski definition) is 5. The normalized spacial score (nSPS) is 14.3. The monoisotopic (exact) mass is 499 g/mol. The second kappa shape index (κ2) is 11.7. The molecule has 0 atom stereocenters. The first-order chi connectivity index (χ1) is 16.9. The molecule has 35 heavy (non-hydrogen) atoms. The third-order valence-corrected chi connectivity index (χ3v) is 6.34. The van der Waals surface area contributed by atoms with Gasteiger partial charge in [0.1, 0.15) is 0 Å². The number of hydrogen-bond donors (Lipinski definition) is 1. The zero-order valence-electron chi connectivity index (χ0n) is 20.1. The predicted molar refractivity (Wildman–Crippen MR) is 136 cm³/mol. The minimum Gasteiger partial charge on any atom is -0.488 e. The molecule has 1 aromatic heterocycles. The Hall–Kier alpha value is -2.90. The Morgan fingerprint density at radius 2 is 1.94 bits per heavy atom. The maximum absolute atomic E-state index is 14.5. The minimum atomic E-state index is -0.483. The Labute approximate surface area is 210 Å². The maximum atomic E-state index is 14.5. The van der Waals surface area contributed by atoms with E-state index in [-0.39, 0.29) is 17.4 Å². The number of nitrogens with zero attached hydrogens (tertiary/aromatic N) is 2. The second-order valence-corrected chi connectivity index (χ2v) is 9.59. The highest BCUT2D eigenvalue weighted by Crippen LogP contribution is 2.25. The van der Waals surface area contributed by atoms with Crippen LogP contribution in [0.1, 0.15) is 44.2 Å². The molecule has 8 heteroatoms. The molecule has 3 aromatic rings. The molecule has 0 aliphatic carbocycles. The van der Waals surface area contributed by atoms with E-state index >= 15 is 0 Å². The largest absolute Gasteiger partial charge is 0.488 e. The van der Waals surface area contributed by atoms with E-state index in [0.29, 0.717) is 41.1 Å². The Bertz CT molecular complexity index is 1190. The van der Waals surface area contributed by atoms with Crippen LogP contribution in [-0.2, 0) is 17.7 Å². The molecule has 0 bridgehead atoms. The van der Waals surface area contributed by atoms with Gasteiger partial charge in [0.25, 0.3) is 5.56 Å². The van der Waals surface area contributed by atoms with Gasteiger partial charge in [0.15, 0.2) is 11.6 Å². The lowest BCUT2D eigenvalue weighted by atomic mass is 9.93. The third-order valence-electron chi connectivity index (χ3n) is 6.09. The van der Waals surface area contributed by atoms with E-state index in [4.69, 9.17) is 21.1 Å². The summed E-state index contributed by atoms with van der Waals surface area (Å²) in [7, 11) is 0. The highest BCUT2D eigenvalue weighted by atomic mass is 35.5. The summed E-state index contributed by atoms with van der Waals surface area (Å²) in [6.07, 6.45) is 5.13. The van der Waals surface area contributed by atoms with Crippen molar-refractivity contribution in [2.75, 3.05) is 18.5 Å². The second-order valence-electron chi connectivity index (χ2n) is 9.16. The van der Waals surface area contributed by atoms with Crippen LogP contribution in [0.3, 0.4) is 0 Å². The van der Waals surface area contributed by atoms with E-state index in [1.165, 1.54) is 6.07 Å². The van der Waals surface area contributed by atoms with E-state index in [2.05, 4.69) is 10.3 Å². The molecule has 0 spiro atoms. The van der Waals surface area contributed by atoms with Crippen LogP contribution in [0.25, 0.3) is 0 Å². The molecular weight excluding hydrogens is 469 g/mol. The molecule has 1 saturated heterocycles. The van der Waals surface area contributed by atoms with Crippen LogP contribution < -0.4 is 15.6 Å². The quantitative estimate of drug-likeness (QED) is 0.392. The number of rotatable bonds is 9. The van der Waals surface area contributed by atoms with E-state index in [1.807, 2.05) is 26.0 Å². The number of aryl methyl sites for hydroxylation is 1. The molecule has 0 amide bonds. The van der Waals surface area contributed by atoms with Crippen molar-refractivity contribution in [3.05, 3.63) is 81.0 Å². The number of ether oxygens (including phenoxy) is 2. The molecule has 0 unspecified atom stereocenters. The van der Waals surface area contributed by atoms with Gasteiger partial charge in [-0.2, -0.15) is 0 Å². The smallest absolute Gasteiger partial charge is 0.258 e. The number of nitrogens with one attached hydrogen (secondary N) is 1. The first-order valence-electron chi connectivity index (χ1n) is 12.0. The molecule has 6 nitrogen and oxygen atoms in total. The van der Waals surface area contributed by atoms with Crippen LogP contribution in [0.2, 0.25) is 5.02 Å². The van der Waals surface area contributed by atoms with Crippen molar-refractivity contribution >= 4 is 23.2 Å². The van der Waals surface area contributed by atoms with Crippen molar-refractivity contribution in [1.82, 2.24) is 9.55 Å².